The molecular formula is C25H22ClFN4O4. The zero-order valence-electron chi connectivity index (χ0n) is 18.7. The molecular weight excluding hydrogens is 475 g/mol. The van der Waals surface area contributed by atoms with E-state index in [1.807, 2.05) is 6.07 Å². The lowest BCUT2D eigenvalue weighted by Crippen LogP contribution is -2.55. The molecule has 10 heteroatoms. The summed E-state index contributed by atoms with van der Waals surface area (Å²) in [5.74, 6) is -1.08. The first kappa shape index (κ1) is 24.2. The van der Waals surface area contributed by atoms with Crippen molar-refractivity contribution in [2.45, 2.75) is 19.1 Å². The van der Waals surface area contributed by atoms with Crippen molar-refractivity contribution in [3.05, 3.63) is 126 Å². The van der Waals surface area contributed by atoms with E-state index in [1.54, 1.807) is 48.5 Å². The Labute approximate surface area is 204 Å². The standard InChI is InChI=1S/C25H22ClFN4O4/c1-35-21-13-7-12-20(22(21)27)31-24(33)29(14-17-10-5-6-11-18(17)26)23(32)30(25(31)34)15-19(28)16-8-3-2-4-9-16/h2-13,19H,14-15,28H2,1H3. The Morgan fingerprint density at radius 1 is 0.886 bits per heavy atom. The van der Waals surface area contributed by atoms with Crippen LogP contribution in [-0.2, 0) is 13.1 Å². The van der Waals surface area contributed by atoms with Gasteiger partial charge >= 0.3 is 17.1 Å². The maximum atomic E-state index is 15.1. The van der Waals surface area contributed by atoms with E-state index < -0.39 is 28.9 Å². The highest BCUT2D eigenvalue weighted by atomic mass is 35.5. The maximum Gasteiger partial charge on any atom is 0.341 e. The van der Waals surface area contributed by atoms with E-state index in [0.717, 1.165) is 9.13 Å². The fourth-order valence-corrected chi connectivity index (χ4v) is 3.95. The first-order valence-corrected chi connectivity index (χ1v) is 11.0. The van der Waals surface area contributed by atoms with E-state index in [4.69, 9.17) is 22.1 Å². The largest absolute Gasteiger partial charge is 0.494 e. The number of hydrogen-bond donors (Lipinski definition) is 1. The normalized spacial score (nSPS) is 11.9. The molecule has 0 aliphatic carbocycles. The lowest BCUT2D eigenvalue weighted by molar-refractivity contribution is 0.384. The van der Waals surface area contributed by atoms with Crippen LogP contribution in [-0.4, -0.2) is 20.8 Å². The number of methoxy groups -OCH3 is 1. The molecule has 2 N–H and O–H groups in total. The number of benzene rings is 3. The molecule has 1 heterocycles. The molecule has 3 aromatic carbocycles. The zero-order chi connectivity index (χ0) is 25.1. The fourth-order valence-electron chi connectivity index (χ4n) is 3.76. The van der Waals surface area contributed by atoms with E-state index in [1.165, 1.54) is 25.3 Å². The molecule has 4 rings (SSSR count). The molecule has 0 amide bonds. The summed E-state index contributed by atoms with van der Waals surface area (Å²) in [5, 5.41) is 0.330. The molecule has 0 saturated heterocycles. The minimum atomic E-state index is -1.02. The van der Waals surface area contributed by atoms with E-state index in [-0.39, 0.29) is 24.5 Å². The zero-order valence-corrected chi connectivity index (χ0v) is 19.5. The number of nitrogens with two attached hydrogens (primary N) is 1. The highest BCUT2D eigenvalue weighted by Crippen LogP contribution is 2.21. The number of rotatable bonds is 7. The van der Waals surface area contributed by atoms with Crippen LogP contribution in [0, 0.1) is 5.82 Å². The number of ether oxygens (including phenoxy) is 1. The monoisotopic (exact) mass is 496 g/mol. The maximum absolute atomic E-state index is 15.1. The first-order chi connectivity index (χ1) is 16.8. The summed E-state index contributed by atoms with van der Waals surface area (Å²) >= 11 is 6.25. The summed E-state index contributed by atoms with van der Waals surface area (Å²) in [6, 6.07) is 18.9. The third kappa shape index (κ3) is 4.68. The number of nitrogens with zero attached hydrogens (tertiary/aromatic N) is 3. The van der Waals surface area contributed by atoms with Gasteiger partial charge in [-0.05, 0) is 29.3 Å². The van der Waals surface area contributed by atoms with Gasteiger partial charge in [-0.25, -0.2) is 32.5 Å². The third-order valence-electron chi connectivity index (χ3n) is 5.60. The van der Waals surface area contributed by atoms with Gasteiger partial charge in [-0.1, -0.05) is 66.2 Å². The van der Waals surface area contributed by atoms with Gasteiger partial charge in [0.15, 0.2) is 11.6 Å². The average molecular weight is 497 g/mol. The number of hydrogen-bond acceptors (Lipinski definition) is 5. The van der Waals surface area contributed by atoms with E-state index >= 15 is 4.39 Å². The Morgan fingerprint density at radius 2 is 1.54 bits per heavy atom. The van der Waals surface area contributed by atoms with Crippen LogP contribution in [0.2, 0.25) is 5.02 Å². The second-order valence-corrected chi connectivity index (χ2v) is 8.19. The average Bonchev–Trinajstić information content (AvgIpc) is 2.87. The molecule has 4 aromatic rings. The van der Waals surface area contributed by atoms with Crippen LogP contribution < -0.4 is 27.5 Å². The van der Waals surface area contributed by atoms with Crippen molar-refractivity contribution in [3.8, 4) is 11.4 Å². The molecule has 1 aromatic heterocycles. The highest BCUT2D eigenvalue weighted by Gasteiger charge is 2.22. The second-order valence-electron chi connectivity index (χ2n) is 7.78. The fraction of sp³-hybridized carbons (Fsp3) is 0.160. The molecule has 1 unspecified atom stereocenters. The summed E-state index contributed by atoms with van der Waals surface area (Å²) in [7, 11) is 1.26. The van der Waals surface area contributed by atoms with Gasteiger partial charge in [0.05, 0.1) is 25.9 Å². The van der Waals surface area contributed by atoms with Gasteiger partial charge in [0, 0.05) is 11.1 Å². The van der Waals surface area contributed by atoms with Crippen molar-refractivity contribution in [3.63, 3.8) is 0 Å². The number of aromatic nitrogens is 3. The van der Waals surface area contributed by atoms with E-state index in [9.17, 15) is 14.4 Å². The predicted molar refractivity (Wildman–Crippen MR) is 131 cm³/mol. The van der Waals surface area contributed by atoms with Crippen LogP contribution in [0.4, 0.5) is 4.39 Å². The third-order valence-corrected chi connectivity index (χ3v) is 5.97. The molecule has 0 aliphatic rings. The van der Waals surface area contributed by atoms with Gasteiger partial charge in [0.1, 0.15) is 0 Å². The molecule has 1 atom stereocenters. The first-order valence-electron chi connectivity index (χ1n) is 10.7. The summed E-state index contributed by atoms with van der Waals surface area (Å²) < 4.78 is 22.4. The van der Waals surface area contributed by atoms with Gasteiger partial charge in [-0.15, -0.1) is 0 Å². The smallest absolute Gasteiger partial charge is 0.341 e. The molecule has 0 spiro atoms. The van der Waals surface area contributed by atoms with Crippen molar-refractivity contribution < 1.29 is 9.13 Å². The van der Waals surface area contributed by atoms with E-state index in [2.05, 4.69) is 0 Å². The highest BCUT2D eigenvalue weighted by molar-refractivity contribution is 6.31. The quantitative estimate of drug-likeness (QED) is 0.424. The Bertz CT molecular complexity index is 1550. The minimum absolute atomic E-state index is 0.162. The van der Waals surface area contributed by atoms with Crippen molar-refractivity contribution in [1.29, 1.82) is 0 Å². The van der Waals surface area contributed by atoms with Crippen LogP contribution in [0.3, 0.4) is 0 Å². The summed E-state index contributed by atoms with van der Waals surface area (Å²) in [4.78, 5) is 40.2. The Morgan fingerprint density at radius 3 is 2.23 bits per heavy atom. The van der Waals surface area contributed by atoms with Crippen LogP contribution in [0.15, 0.2) is 87.2 Å². The van der Waals surface area contributed by atoms with Gasteiger partial charge in [0.25, 0.3) is 0 Å². The van der Waals surface area contributed by atoms with Gasteiger partial charge in [-0.3, -0.25) is 0 Å². The molecule has 0 bridgehead atoms. The molecule has 8 nitrogen and oxygen atoms in total. The SMILES string of the molecule is COc1cccc(-n2c(=O)n(Cc3ccccc3Cl)c(=O)n(CC(N)c3ccccc3)c2=O)c1F. The molecule has 0 aliphatic heterocycles. The topological polar surface area (TPSA) is 101 Å². The summed E-state index contributed by atoms with van der Waals surface area (Å²) in [5.41, 5.74) is 4.17. The van der Waals surface area contributed by atoms with Gasteiger partial charge in [-0.2, -0.15) is 0 Å². The summed E-state index contributed by atoms with van der Waals surface area (Å²) in [6.45, 7) is -0.472. The van der Waals surface area contributed by atoms with Crippen molar-refractivity contribution in [1.82, 2.24) is 13.7 Å². The molecule has 0 radical (unpaired) electrons. The van der Waals surface area contributed by atoms with Gasteiger partial charge < -0.3 is 10.5 Å². The van der Waals surface area contributed by atoms with Crippen molar-refractivity contribution >= 4 is 11.6 Å². The molecule has 35 heavy (non-hydrogen) atoms. The second kappa shape index (κ2) is 10.1. The lowest BCUT2D eigenvalue weighted by Gasteiger charge is -2.18. The Kier molecular flexibility index (Phi) is 6.99. The van der Waals surface area contributed by atoms with Gasteiger partial charge in [0.2, 0.25) is 0 Å². The van der Waals surface area contributed by atoms with Crippen LogP contribution in [0.5, 0.6) is 5.75 Å². The van der Waals surface area contributed by atoms with Crippen molar-refractivity contribution in [2.75, 3.05) is 7.11 Å². The number of halogens is 2. The molecule has 0 fully saturated rings. The Hall–Kier alpha value is -3.95. The summed E-state index contributed by atoms with van der Waals surface area (Å²) in [6.07, 6.45) is 0. The minimum Gasteiger partial charge on any atom is -0.494 e. The van der Waals surface area contributed by atoms with Crippen molar-refractivity contribution in [2.24, 2.45) is 5.73 Å². The molecule has 180 valence electrons. The predicted octanol–water partition coefficient (Wildman–Crippen LogP) is 2.71. The van der Waals surface area contributed by atoms with Crippen LogP contribution in [0.25, 0.3) is 5.69 Å². The van der Waals surface area contributed by atoms with Crippen LogP contribution in [0.1, 0.15) is 17.2 Å². The van der Waals surface area contributed by atoms with E-state index in [0.29, 0.717) is 20.7 Å². The van der Waals surface area contributed by atoms with Crippen LogP contribution >= 0.6 is 11.6 Å². The molecule has 0 saturated carbocycles. The lowest BCUT2D eigenvalue weighted by atomic mass is 10.1. The Balaban J connectivity index is 1.97.